The van der Waals surface area contributed by atoms with Crippen molar-refractivity contribution in [2.45, 2.75) is 393 Å². The van der Waals surface area contributed by atoms with Gasteiger partial charge in [0.15, 0.2) is 6.10 Å². The van der Waals surface area contributed by atoms with Gasteiger partial charge >= 0.3 is 17.9 Å². The molecule has 0 aromatic rings. The number of hydrogen-bond acceptors (Lipinski definition) is 6. The molecule has 0 aromatic carbocycles. The fraction of sp³-hybridized carbons (Fsp3) is 0.875. The summed E-state index contributed by atoms with van der Waals surface area (Å²) in [5.41, 5.74) is 0. The molecule has 0 spiro atoms. The SMILES string of the molecule is CCCCCCC/C=C\C/C=C\C/C=C\CCCCCCCCCCCCCCCCC(=O)OCC(COC(=O)CCCCCCCCCCCCCCCC)OC(=O)CCCCCCCCCCCCCCCCCCC. The summed E-state index contributed by atoms with van der Waals surface area (Å²) in [6.45, 7) is 6.70. The van der Waals surface area contributed by atoms with E-state index in [1.807, 2.05) is 0 Å². The van der Waals surface area contributed by atoms with Crippen molar-refractivity contribution in [1.29, 1.82) is 0 Å². The third-order valence-electron chi connectivity index (χ3n) is 15.9. The predicted molar refractivity (Wildman–Crippen MR) is 339 cm³/mol. The lowest BCUT2D eigenvalue weighted by atomic mass is 10.0. The molecule has 0 N–H and O–H groups in total. The molecule has 0 saturated heterocycles. The van der Waals surface area contributed by atoms with E-state index in [4.69, 9.17) is 14.2 Å². The minimum absolute atomic E-state index is 0.0652. The van der Waals surface area contributed by atoms with Crippen LogP contribution in [0.15, 0.2) is 36.5 Å². The largest absolute Gasteiger partial charge is 0.462 e. The lowest BCUT2D eigenvalue weighted by molar-refractivity contribution is -0.167. The lowest BCUT2D eigenvalue weighted by Gasteiger charge is -2.18. The van der Waals surface area contributed by atoms with Gasteiger partial charge in [-0.15, -0.1) is 0 Å². The van der Waals surface area contributed by atoms with Crippen LogP contribution in [0, 0.1) is 0 Å². The number of carbonyl (C=O) groups is 3. The third-order valence-corrected chi connectivity index (χ3v) is 15.9. The topological polar surface area (TPSA) is 78.9 Å². The number of allylic oxidation sites excluding steroid dienone is 6. The molecule has 0 aliphatic rings. The standard InChI is InChI=1S/C72H134O6/c1-4-7-10-13-16-19-22-25-28-30-31-32-33-34-35-36-37-38-39-40-41-43-44-47-50-53-56-59-62-65-71(74)77-68-69(67-76-70(73)64-61-58-55-52-49-46-27-24-21-18-15-12-9-6-3)78-72(75)66-63-60-57-54-51-48-45-42-29-26-23-20-17-14-11-8-5-2/h22,25,30-31,33-34,69H,4-21,23-24,26-29,32,35-68H2,1-3H3/b25-22-,31-30-,34-33-. The second-order valence-electron chi connectivity index (χ2n) is 23.8. The monoisotopic (exact) mass is 1100 g/mol. The Kier molecular flexibility index (Phi) is 65.1. The quantitative estimate of drug-likeness (QED) is 0.0261. The normalized spacial score (nSPS) is 12.2. The highest BCUT2D eigenvalue weighted by atomic mass is 16.6. The van der Waals surface area contributed by atoms with Crippen LogP contribution in [0.4, 0.5) is 0 Å². The van der Waals surface area contributed by atoms with Crippen molar-refractivity contribution in [2.24, 2.45) is 0 Å². The molecule has 0 fully saturated rings. The molecule has 0 aromatic heterocycles. The van der Waals surface area contributed by atoms with Crippen LogP contribution in [0.1, 0.15) is 387 Å². The van der Waals surface area contributed by atoms with Gasteiger partial charge in [0.2, 0.25) is 0 Å². The number of carbonyl (C=O) groups excluding carboxylic acids is 3. The van der Waals surface area contributed by atoms with E-state index >= 15 is 0 Å². The molecule has 6 nitrogen and oxygen atoms in total. The Morgan fingerprint density at radius 2 is 0.462 bits per heavy atom. The molecule has 0 aliphatic carbocycles. The molecule has 1 atom stereocenters. The molecule has 0 saturated carbocycles. The molecule has 6 heteroatoms. The maximum atomic E-state index is 12.9. The number of unbranched alkanes of at least 4 members (excludes halogenated alkanes) is 48. The van der Waals surface area contributed by atoms with Crippen LogP contribution in [0.3, 0.4) is 0 Å². The van der Waals surface area contributed by atoms with E-state index in [1.54, 1.807) is 0 Å². The Morgan fingerprint density at radius 1 is 0.256 bits per heavy atom. The molecular formula is C72H134O6. The summed E-state index contributed by atoms with van der Waals surface area (Å²) < 4.78 is 17.0. The first-order valence-electron chi connectivity index (χ1n) is 35.0. The van der Waals surface area contributed by atoms with Gasteiger partial charge in [0.1, 0.15) is 13.2 Å². The predicted octanol–water partition coefficient (Wildman–Crippen LogP) is 23.9. The fourth-order valence-electron chi connectivity index (χ4n) is 10.6. The van der Waals surface area contributed by atoms with Crippen LogP contribution in [0.5, 0.6) is 0 Å². The molecule has 0 heterocycles. The second-order valence-corrected chi connectivity index (χ2v) is 23.8. The first-order chi connectivity index (χ1) is 38.5. The van der Waals surface area contributed by atoms with Crippen LogP contribution < -0.4 is 0 Å². The van der Waals surface area contributed by atoms with Crippen LogP contribution in [-0.4, -0.2) is 37.2 Å². The highest BCUT2D eigenvalue weighted by Crippen LogP contribution is 2.18. The average molecular weight is 1100 g/mol. The van der Waals surface area contributed by atoms with Gasteiger partial charge in [0.25, 0.3) is 0 Å². The molecule has 0 rings (SSSR count). The zero-order valence-corrected chi connectivity index (χ0v) is 52.7. The van der Waals surface area contributed by atoms with Crippen LogP contribution in [0.25, 0.3) is 0 Å². The maximum Gasteiger partial charge on any atom is 0.306 e. The molecule has 0 amide bonds. The number of esters is 3. The highest BCUT2D eigenvalue weighted by molar-refractivity contribution is 5.71. The van der Waals surface area contributed by atoms with E-state index in [1.165, 1.54) is 276 Å². The summed E-state index contributed by atoms with van der Waals surface area (Å²) in [6.07, 6.45) is 83.1. The Bertz CT molecular complexity index is 1300. The van der Waals surface area contributed by atoms with Gasteiger partial charge in [-0.05, 0) is 57.8 Å². The van der Waals surface area contributed by atoms with E-state index < -0.39 is 6.10 Å². The van der Waals surface area contributed by atoms with Crippen molar-refractivity contribution in [3.63, 3.8) is 0 Å². The van der Waals surface area contributed by atoms with E-state index in [-0.39, 0.29) is 31.1 Å². The van der Waals surface area contributed by atoms with Crippen molar-refractivity contribution in [3.05, 3.63) is 36.5 Å². The first-order valence-corrected chi connectivity index (χ1v) is 35.0. The Balaban J connectivity index is 4.20. The molecular weight excluding hydrogens is 961 g/mol. The highest BCUT2D eigenvalue weighted by Gasteiger charge is 2.19. The van der Waals surface area contributed by atoms with Crippen molar-refractivity contribution in [3.8, 4) is 0 Å². The zero-order valence-electron chi connectivity index (χ0n) is 52.7. The minimum atomic E-state index is -0.768. The zero-order chi connectivity index (χ0) is 56.4. The Hall–Kier alpha value is -2.37. The summed E-state index contributed by atoms with van der Waals surface area (Å²) in [5, 5.41) is 0. The Labute approximate surface area is 486 Å². The molecule has 0 radical (unpaired) electrons. The summed E-state index contributed by atoms with van der Waals surface area (Å²) in [4.78, 5) is 38.4. The molecule has 0 bridgehead atoms. The van der Waals surface area contributed by atoms with Crippen molar-refractivity contribution in [1.82, 2.24) is 0 Å². The maximum absolute atomic E-state index is 12.9. The van der Waals surface area contributed by atoms with Crippen LogP contribution in [-0.2, 0) is 28.6 Å². The second kappa shape index (κ2) is 67.1. The van der Waals surface area contributed by atoms with Gasteiger partial charge in [0.05, 0.1) is 0 Å². The molecule has 78 heavy (non-hydrogen) atoms. The van der Waals surface area contributed by atoms with Crippen molar-refractivity contribution >= 4 is 17.9 Å². The number of hydrogen-bond donors (Lipinski definition) is 0. The third kappa shape index (κ3) is 64.5. The van der Waals surface area contributed by atoms with Gasteiger partial charge < -0.3 is 14.2 Å². The van der Waals surface area contributed by atoms with Gasteiger partial charge in [-0.2, -0.15) is 0 Å². The summed E-state index contributed by atoms with van der Waals surface area (Å²) in [7, 11) is 0. The minimum Gasteiger partial charge on any atom is -0.462 e. The van der Waals surface area contributed by atoms with E-state index in [9.17, 15) is 14.4 Å². The Morgan fingerprint density at radius 3 is 0.718 bits per heavy atom. The van der Waals surface area contributed by atoms with E-state index in [2.05, 4.69) is 57.2 Å². The van der Waals surface area contributed by atoms with Crippen molar-refractivity contribution in [2.75, 3.05) is 13.2 Å². The molecule has 1 unspecified atom stereocenters. The summed E-state index contributed by atoms with van der Waals surface area (Å²) in [5.74, 6) is -0.835. The van der Waals surface area contributed by atoms with Crippen molar-refractivity contribution < 1.29 is 28.6 Å². The van der Waals surface area contributed by atoms with Gasteiger partial charge in [0, 0.05) is 19.3 Å². The lowest BCUT2D eigenvalue weighted by Crippen LogP contribution is -2.30. The fourth-order valence-corrected chi connectivity index (χ4v) is 10.6. The van der Waals surface area contributed by atoms with Gasteiger partial charge in [-0.25, -0.2) is 0 Å². The first kappa shape index (κ1) is 75.6. The smallest absolute Gasteiger partial charge is 0.306 e. The number of rotatable bonds is 65. The summed E-state index contributed by atoms with van der Waals surface area (Å²) in [6, 6.07) is 0. The van der Waals surface area contributed by atoms with Crippen LogP contribution in [0.2, 0.25) is 0 Å². The summed E-state index contributed by atoms with van der Waals surface area (Å²) >= 11 is 0. The molecule has 458 valence electrons. The van der Waals surface area contributed by atoms with E-state index in [0.717, 1.165) is 70.6 Å². The van der Waals surface area contributed by atoms with E-state index in [0.29, 0.717) is 19.3 Å². The van der Waals surface area contributed by atoms with Gasteiger partial charge in [-0.3, -0.25) is 14.4 Å². The van der Waals surface area contributed by atoms with Crippen LogP contribution >= 0.6 is 0 Å². The molecule has 0 aliphatic heterocycles. The van der Waals surface area contributed by atoms with Gasteiger partial charge in [-0.1, -0.05) is 346 Å². The number of ether oxygens (including phenoxy) is 3. The average Bonchev–Trinajstić information content (AvgIpc) is 3.44.